The lowest BCUT2D eigenvalue weighted by atomic mass is 9.91. The van der Waals surface area contributed by atoms with E-state index in [0.29, 0.717) is 19.8 Å². The summed E-state index contributed by atoms with van der Waals surface area (Å²) in [4.78, 5) is 44.5. The number of likely N-dealkylation sites (N-methyl/N-ethyl adjacent to an activating group) is 1. The number of ether oxygens (including phenoxy) is 3. The molecule has 61 heavy (non-hydrogen) atoms. The van der Waals surface area contributed by atoms with Crippen LogP contribution in [0.5, 0.6) is 0 Å². The van der Waals surface area contributed by atoms with Gasteiger partial charge in [0, 0.05) is 104 Å². The van der Waals surface area contributed by atoms with Gasteiger partial charge in [-0.1, -0.05) is 180 Å². The van der Waals surface area contributed by atoms with Crippen LogP contribution in [0, 0.1) is 5.92 Å². The number of nitrogens with one attached hydrogen (secondary N) is 1. The first-order chi connectivity index (χ1) is 52.9. The quantitative estimate of drug-likeness (QED) is 0.0517. The lowest BCUT2D eigenvalue weighted by Crippen LogP contribution is -2.66. The normalized spacial score (nSPS) is 46.2. The Kier molecular flexibility index (Phi) is 7.80. The SMILES string of the molecule is [2H]C([2H])([2H])C([2H])([2H])C([2H])([2H])C([2H])([2H])C([2H])([2H])C([2H])([2H])C([2H])([2H])C([2H])([2H])C([2H])([2H])C([2H])([2H])C([2H])([2H])C([2H])([2H])C([2H])([2H])C([2H])([2H])C([2H])([2H])C(=O)O[C@H](C)[C@@H](NC(=O)C1C[C@H](CCC)CN1C)[C@H]1O[C@H](SC)[C@@H](OC(=O)C([2H])([2H])C([2H])([2H])C([2H])([2H])C([2H])([2H])C([2H])([2H])C([2H])([2H])C([2H])([2H])C([2H])([2H])C([2H])([2H])C([2H])([2H])C([2H])([2H])C([2H])([2H])C([2H])([2H])C([2H])([2H])C([2H])([2H])[2H])C(O)[C@H]1O. The fraction of sp³-hybridized carbons (Fsp3) is 0.940. The van der Waals surface area contributed by atoms with Crippen LogP contribution in [0.15, 0.2) is 0 Å². The van der Waals surface area contributed by atoms with E-state index in [-0.39, 0.29) is 30.6 Å². The molecule has 2 aliphatic heterocycles. The monoisotopic (exact) mass is 945 g/mol. The molecule has 0 saturated carbocycles. The van der Waals surface area contributed by atoms with Crippen LogP contribution in [-0.2, 0) is 28.6 Å². The van der Waals surface area contributed by atoms with Gasteiger partial charge in [0.2, 0.25) is 5.91 Å². The average molecular weight is 946 g/mol. The van der Waals surface area contributed by atoms with Gasteiger partial charge >= 0.3 is 11.9 Å². The number of aliphatic hydroxyl groups is 2. The molecule has 9 atom stereocenters. The van der Waals surface area contributed by atoms with Crippen molar-refractivity contribution < 1.29 is 124 Å². The molecule has 2 unspecified atom stereocenters. The van der Waals surface area contributed by atoms with Crippen LogP contribution >= 0.6 is 11.8 Å². The number of rotatable bonds is 37. The summed E-state index contributed by atoms with van der Waals surface area (Å²) in [6, 6.07) is -3.66. The maximum absolute atomic E-state index is 14.4. The molecule has 0 spiro atoms. The Morgan fingerprint density at radius 2 is 1.21 bits per heavy atom. The molecular formula is C50H94N2O8S. The highest BCUT2D eigenvalue weighted by Gasteiger charge is 2.51. The van der Waals surface area contributed by atoms with Gasteiger partial charge in [0.05, 0.1) is 12.1 Å². The fourth-order valence-electron chi connectivity index (χ4n) is 5.51. The maximum atomic E-state index is 14.4. The minimum atomic E-state index is -5.45. The van der Waals surface area contributed by atoms with Crippen LogP contribution in [0.4, 0.5) is 0 Å². The standard InChI is InChI=1S/C50H94N2O8S/c1-7-10-12-14-16-18-20-22-24-26-28-30-32-35-42(53)58-39(4)44(51-49(57)41-37-40(34-9-3)38-52(41)5)47-45(55)46(56)48(50(60-47)61-6)59-43(54)36-33-31-29-27-25-23-21-19-17-15-13-11-8-2/h39-41,44-48,50,55-56H,7-38H2,1-6H3,(H,51,57)/t39-,40+,41?,44-,45-,46?,47-,48+,50-/m1/s1/i1D3,2D3,7D2,8D2,10D2,11D2,12D2,13D2,14D2,15D2,16D2,17D2,18D2,19D2,20D2,21D2,22D2,23D2,24D2,25D2,26D2,27D2,28D2,29D2,30D2,31D2,32D2,33D2,35D2,36D2. The molecule has 10 nitrogen and oxygen atoms in total. The van der Waals surface area contributed by atoms with E-state index in [1.165, 1.54) is 11.9 Å². The minimum absolute atomic E-state index is 0.0141. The molecule has 0 aromatic carbocycles. The molecule has 3 N–H and O–H groups in total. The van der Waals surface area contributed by atoms with E-state index in [1.54, 1.807) is 6.92 Å². The Morgan fingerprint density at radius 3 is 1.67 bits per heavy atom. The van der Waals surface area contributed by atoms with Crippen molar-refractivity contribution in [3.8, 4) is 0 Å². The second kappa shape index (κ2) is 34.9. The Balaban J connectivity index is 2.89. The third-order valence-electron chi connectivity index (χ3n) is 7.98. The van der Waals surface area contributed by atoms with Crippen LogP contribution in [0.3, 0.4) is 0 Å². The topological polar surface area (TPSA) is 135 Å². The van der Waals surface area contributed by atoms with E-state index in [9.17, 15) is 24.6 Å². The summed E-state index contributed by atoms with van der Waals surface area (Å²) >= 11 is 0.229. The Bertz CT molecular complexity index is 3770. The van der Waals surface area contributed by atoms with Gasteiger partial charge in [-0.2, -0.15) is 0 Å². The summed E-state index contributed by atoms with van der Waals surface area (Å²) in [6.07, 6.45) is -157. The number of likely N-dealkylation sites (tertiary alicyclic amines) is 1. The molecule has 1 amide bonds. The summed E-state index contributed by atoms with van der Waals surface area (Å²) in [5.41, 5.74) is -2.27. The van der Waals surface area contributed by atoms with Crippen molar-refractivity contribution in [2.75, 3.05) is 19.8 Å². The summed E-state index contributed by atoms with van der Waals surface area (Å²) in [5, 5.41) is 26.1. The minimum Gasteiger partial charge on any atom is -0.460 e. The summed E-state index contributed by atoms with van der Waals surface area (Å²) in [7, 11) is 1.40. The number of aliphatic hydroxyl groups excluding tert-OH is 2. The zero-order valence-corrected chi connectivity index (χ0v) is 34.0. The Labute approximate surface area is 465 Å². The van der Waals surface area contributed by atoms with Crippen molar-refractivity contribution in [2.24, 2.45) is 5.92 Å². The van der Waals surface area contributed by atoms with E-state index < -0.39 is 258 Å². The smallest absolute Gasteiger partial charge is 0.306 e. The number of hydrogen-bond acceptors (Lipinski definition) is 10. The van der Waals surface area contributed by atoms with E-state index in [2.05, 4.69) is 5.32 Å². The highest BCUT2D eigenvalue weighted by Crippen LogP contribution is 2.33. The number of nitrogens with zero attached hydrogens (tertiary/aromatic N) is 1. The molecule has 0 aliphatic carbocycles. The van der Waals surface area contributed by atoms with E-state index >= 15 is 0 Å². The largest absolute Gasteiger partial charge is 0.460 e. The van der Waals surface area contributed by atoms with Crippen molar-refractivity contribution in [1.82, 2.24) is 10.2 Å². The predicted octanol–water partition coefficient (Wildman–Crippen LogP) is 11.2. The zero-order chi connectivity index (χ0) is 99.9. The summed E-state index contributed by atoms with van der Waals surface area (Å²) in [6.45, 7) is -5.98. The van der Waals surface area contributed by atoms with Gasteiger partial charge in [0.15, 0.2) is 6.10 Å². The second-order valence-corrected chi connectivity index (χ2v) is 13.0. The highest BCUT2D eigenvalue weighted by molar-refractivity contribution is 7.99. The predicted molar refractivity (Wildman–Crippen MR) is 252 cm³/mol. The molecular weight excluding hydrogens is 789 g/mol. The van der Waals surface area contributed by atoms with Gasteiger partial charge in [-0.3, -0.25) is 19.3 Å². The number of thioether (sulfide) groups is 1. The first-order valence-electron chi connectivity index (χ1n) is 48.9. The molecule has 2 aliphatic rings. The van der Waals surface area contributed by atoms with Gasteiger partial charge in [0.25, 0.3) is 0 Å². The summed E-state index contributed by atoms with van der Waals surface area (Å²) in [5.74, 6) is -7.07. The second-order valence-electron chi connectivity index (χ2n) is 12.0. The number of hydrogen-bond donors (Lipinski definition) is 3. The van der Waals surface area contributed by atoms with Crippen LogP contribution in [0.25, 0.3) is 0 Å². The lowest BCUT2D eigenvalue weighted by Gasteiger charge is -2.45. The van der Waals surface area contributed by atoms with E-state index in [4.69, 9.17) is 99.2 Å². The van der Waals surface area contributed by atoms with Crippen molar-refractivity contribution in [2.45, 2.75) is 273 Å². The molecule has 358 valence electrons. The van der Waals surface area contributed by atoms with Gasteiger partial charge in [-0.25, -0.2) is 0 Å². The third-order valence-corrected chi connectivity index (χ3v) is 8.83. The fourth-order valence-corrected chi connectivity index (χ4v) is 6.23. The maximum Gasteiger partial charge on any atom is 0.306 e. The number of amides is 1. The van der Waals surface area contributed by atoms with Gasteiger partial charge < -0.3 is 29.7 Å². The molecule has 2 heterocycles. The van der Waals surface area contributed by atoms with Crippen molar-refractivity contribution in [1.29, 1.82) is 0 Å². The first kappa shape index (κ1) is 13.6. The van der Waals surface area contributed by atoms with Crippen LogP contribution in [-0.4, -0.2) is 101 Å². The van der Waals surface area contributed by atoms with E-state index in [1.807, 2.05) is 0 Å². The Morgan fingerprint density at radius 1 is 0.754 bits per heavy atom. The van der Waals surface area contributed by atoms with Crippen LogP contribution in [0.1, 0.15) is 310 Å². The van der Waals surface area contributed by atoms with Gasteiger partial charge in [-0.15, -0.1) is 11.8 Å². The van der Waals surface area contributed by atoms with Gasteiger partial charge in [-0.05, 0) is 51.7 Å². The first-order valence-corrected chi connectivity index (χ1v) is 19.2. The van der Waals surface area contributed by atoms with Crippen LogP contribution in [0.2, 0.25) is 0 Å². The van der Waals surface area contributed by atoms with Crippen molar-refractivity contribution >= 4 is 29.6 Å². The molecule has 0 aromatic rings. The molecule has 0 aromatic heterocycles. The number of esters is 2. The number of carbonyl (C=O) groups is 3. The Hall–Kier alpha value is -1.40. The van der Waals surface area contributed by atoms with Crippen molar-refractivity contribution in [3.63, 3.8) is 0 Å². The molecule has 0 bridgehead atoms. The molecule has 2 fully saturated rings. The van der Waals surface area contributed by atoms with Crippen LogP contribution < -0.4 is 5.32 Å². The lowest BCUT2D eigenvalue weighted by molar-refractivity contribution is -0.224. The average Bonchev–Trinajstić information content (AvgIpc) is 0.761. The molecule has 2 saturated heterocycles. The van der Waals surface area contributed by atoms with Gasteiger partial charge in [0.1, 0.15) is 29.9 Å². The molecule has 0 radical (unpaired) electrons. The molecule has 2 rings (SSSR count). The van der Waals surface area contributed by atoms with E-state index in [0.717, 1.165) is 6.26 Å². The summed E-state index contributed by atoms with van der Waals surface area (Å²) < 4.78 is 532. The van der Waals surface area contributed by atoms with Crippen molar-refractivity contribution in [3.05, 3.63) is 0 Å². The molecule has 11 heteroatoms. The number of carbonyl (C=O) groups excluding carboxylic acids is 3. The third kappa shape index (κ3) is 23.4. The zero-order valence-electron chi connectivity index (χ0n) is 95.2. The highest BCUT2D eigenvalue weighted by atomic mass is 32.2.